The number of methoxy groups -OCH3 is 2. The highest BCUT2D eigenvalue weighted by atomic mass is 16.6. The van der Waals surface area contributed by atoms with Crippen molar-refractivity contribution in [1.82, 2.24) is 10.6 Å². The number of ether oxygens (including phenoxy) is 3. The van der Waals surface area contributed by atoms with Gasteiger partial charge in [-0.2, -0.15) is 0 Å². The fraction of sp³-hybridized carbons (Fsp3) is 0.375. The first-order chi connectivity index (χ1) is 11.1. The standard InChI is InChI=1S/C16H20N2O5/c1-10-13(15(19)23-8-7-21-2)14(18-16(20)17-10)11-5-4-6-12(9-11)22-3/h4-6,9,14H,7-8H2,1-3H3,(H2,17,18,20)/t14-/m1/s1. The Balaban J connectivity index is 2.32. The van der Waals surface area contributed by atoms with Crippen LogP contribution in [0.3, 0.4) is 0 Å². The normalized spacial score (nSPS) is 17.3. The number of carbonyl (C=O) groups is 2. The van der Waals surface area contributed by atoms with Gasteiger partial charge in [0.15, 0.2) is 0 Å². The molecule has 23 heavy (non-hydrogen) atoms. The fourth-order valence-electron chi connectivity index (χ4n) is 2.33. The molecule has 0 unspecified atom stereocenters. The maximum Gasteiger partial charge on any atom is 0.338 e. The summed E-state index contributed by atoms with van der Waals surface area (Å²) in [5.41, 5.74) is 1.55. The van der Waals surface area contributed by atoms with Gasteiger partial charge in [-0.25, -0.2) is 9.59 Å². The van der Waals surface area contributed by atoms with Crippen LogP contribution in [0.5, 0.6) is 5.75 Å². The minimum atomic E-state index is -0.603. The highest BCUT2D eigenvalue weighted by Crippen LogP contribution is 2.29. The highest BCUT2D eigenvalue weighted by Gasteiger charge is 2.32. The summed E-state index contributed by atoms with van der Waals surface area (Å²) in [5.74, 6) is 0.139. The molecule has 1 aliphatic heterocycles. The molecule has 1 heterocycles. The van der Waals surface area contributed by atoms with E-state index in [0.717, 1.165) is 5.56 Å². The number of rotatable bonds is 6. The van der Waals surface area contributed by atoms with Crippen LogP contribution < -0.4 is 15.4 Å². The van der Waals surface area contributed by atoms with Crippen LogP contribution in [0, 0.1) is 0 Å². The van der Waals surface area contributed by atoms with Crippen LogP contribution in [0.1, 0.15) is 18.5 Å². The van der Waals surface area contributed by atoms with E-state index in [1.54, 1.807) is 32.2 Å². The van der Waals surface area contributed by atoms with E-state index in [1.165, 1.54) is 7.11 Å². The Morgan fingerprint density at radius 1 is 1.26 bits per heavy atom. The summed E-state index contributed by atoms with van der Waals surface area (Å²) in [6, 6.07) is 6.20. The van der Waals surface area contributed by atoms with E-state index in [1.807, 2.05) is 6.07 Å². The largest absolute Gasteiger partial charge is 0.497 e. The molecule has 0 aromatic heterocycles. The van der Waals surface area contributed by atoms with Crippen LogP contribution in [0.25, 0.3) is 0 Å². The van der Waals surface area contributed by atoms with Gasteiger partial charge >= 0.3 is 12.0 Å². The summed E-state index contributed by atoms with van der Waals surface area (Å²) in [5, 5.41) is 5.34. The van der Waals surface area contributed by atoms with Crippen molar-refractivity contribution in [2.75, 3.05) is 27.4 Å². The highest BCUT2D eigenvalue weighted by molar-refractivity contribution is 5.95. The topological polar surface area (TPSA) is 85.9 Å². The second-order valence-electron chi connectivity index (χ2n) is 4.98. The number of esters is 1. The van der Waals surface area contributed by atoms with Crippen LogP contribution in [-0.2, 0) is 14.3 Å². The van der Waals surface area contributed by atoms with E-state index in [-0.39, 0.29) is 12.6 Å². The minimum Gasteiger partial charge on any atom is -0.497 e. The smallest absolute Gasteiger partial charge is 0.338 e. The van der Waals surface area contributed by atoms with Crippen molar-refractivity contribution in [1.29, 1.82) is 0 Å². The summed E-state index contributed by atoms with van der Waals surface area (Å²) in [6.45, 7) is 2.12. The zero-order valence-electron chi connectivity index (χ0n) is 13.3. The lowest BCUT2D eigenvalue weighted by Gasteiger charge is -2.28. The van der Waals surface area contributed by atoms with Crippen LogP contribution in [0.15, 0.2) is 35.5 Å². The number of hydrogen-bond acceptors (Lipinski definition) is 5. The first-order valence-electron chi connectivity index (χ1n) is 7.15. The lowest BCUT2D eigenvalue weighted by atomic mass is 9.95. The summed E-state index contributed by atoms with van der Waals surface area (Å²) in [6.07, 6.45) is 0. The summed E-state index contributed by atoms with van der Waals surface area (Å²) >= 11 is 0. The molecule has 0 aliphatic carbocycles. The van der Waals surface area contributed by atoms with E-state index in [2.05, 4.69) is 10.6 Å². The Bertz CT molecular complexity index is 627. The van der Waals surface area contributed by atoms with Crippen molar-refractivity contribution in [3.05, 3.63) is 41.1 Å². The van der Waals surface area contributed by atoms with Crippen LogP contribution >= 0.6 is 0 Å². The van der Waals surface area contributed by atoms with Crippen molar-refractivity contribution in [3.63, 3.8) is 0 Å². The Hall–Kier alpha value is -2.54. The van der Waals surface area contributed by atoms with Gasteiger partial charge in [0.05, 0.1) is 25.3 Å². The predicted octanol–water partition coefficient (Wildman–Crippen LogP) is 1.51. The molecule has 7 heteroatoms. The zero-order chi connectivity index (χ0) is 16.8. The first kappa shape index (κ1) is 16.8. The van der Waals surface area contributed by atoms with Gasteiger partial charge in [0.1, 0.15) is 12.4 Å². The molecule has 1 atom stereocenters. The molecule has 2 N–H and O–H groups in total. The fourth-order valence-corrected chi connectivity index (χ4v) is 2.33. The molecule has 0 bridgehead atoms. The Kier molecular flexibility index (Phi) is 5.59. The molecular formula is C16H20N2O5. The molecule has 0 spiro atoms. The van der Waals surface area contributed by atoms with E-state index in [4.69, 9.17) is 14.2 Å². The maximum atomic E-state index is 12.4. The lowest BCUT2D eigenvalue weighted by Crippen LogP contribution is -2.45. The zero-order valence-corrected chi connectivity index (χ0v) is 13.3. The average molecular weight is 320 g/mol. The SMILES string of the molecule is COCCOC(=O)C1=C(C)NC(=O)N[C@@H]1c1cccc(OC)c1. The molecule has 7 nitrogen and oxygen atoms in total. The third-order valence-electron chi connectivity index (χ3n) is 3.44. The monoisotopic (exact) mass is 320 g/mol. The molecule has 1 aliphatic rings. The van der Waals surface area contributed by atoms with Gasteiger partial charge in [0.25, 0.3) is 0 Å². The minimum absolute atomic E-state index is 0.144. The number of amides is 2. The second-order valence-corrected chi connectivity index (χ2v) is 4.98. The lowest BCUT2D eigenvalue weighted by molar-refractivity contribution is -0.140. The summed E-state index contributed by atoms with van der Waals surface area (Å²) in [4.78, 5) is 24.2. The van der Waals surface area contributed by atoms with Gasteiger partial charge in [0, 0.05) is 12.8 Å². The third-order valence-corrected chi connectivity index (χ3v) is 3.44. The van der Waals surface area contributed by atoms with Crippen molar-refractivity contribution >= 4 is 12.0 Å². The second kappa shape index (κ2) is 7.64. The number of carbonyl (C=O) groups excluding carboxylic acids is 2. The van der Waals surface area contributed by atoms with Gasteiger partial charge in [0.2, 0.25) is 0 Å². The van der Waals surface area contributed by atoms with Gasteiger partial charge in [-0.3, -0.25) is 0 Å². The molecule has 0 saturated carbocycles. The van der Waals surface area contributed by atoms with Crippen molar-refractivity contribution in [2.24, 2.45) is 0 Å². The third kappa shape index (κ3) is 4.01. The quantitative estimate of drug-likeness (QED) is 0.613. The van der Waals surface area contributed by atoms with Gasteiger partial charge in [-0.1, -0.05) is 12.1 Å². The molecular weight excluding hydrogens is 300 g/mol. The summed E-state index contributed by atoms with van der Waals surface area (Å²) in [7, 11) is 3.08. The van der Waals surface area contributed by atoms with Crippen LogP contribution in [0.2, 0.25) is 0 Å². The number of nitrogens with one attached hydrogen (secondary N) is 2. The van der Waals surface area contributed by atoms with E-state index < -0.39 is 12.0 Å². The van der Waals surface area contributed by atoms with Gasteiger partial charge in [-0.05, 0) is 24.6 Å². The number of urea groups is 1. The van der Waals surface area contributed by atoms with E-state index in [9.17, 15) is 9.59 Å². The Morgan fingerprint density at radius 3 is 2.74 bits per heavy atom. The molecule has 0 radical (unpaired) electrons. The molecule has 0 saturated heterocycles. The molecule has 1 aromatic rings. The molecule has 1 aromatic carbocycles. The van der Waals surface area contributed by atoms with Crippen molar-refractivity contribution in [2.45, 2.75) is 13.0 Å². The predicted molar refractivity (Wildman–Crippen MR) is 82.9 cm³/mol. The molecule has 0 fully saturated rings. The number of benzene rings is 1. The Morgan fingerprint density at radius 2 is 2.04 bits per heavy atom. The van der Waals surface area contributed by atoms with E-state index in [0.29, 0.717) is 23.6 Å². The number of hydrogen-bond donors (Lipinski definition) is 2. The number of allylic oxidation sites excluding steroid dienone is 1. The van der Waals surface area contributed by atoms with Crippen LogP contribution in [-0.4, -0.2) is 39.4 Å². The first-order valence-corrected chi connectivity index (χ1v) is 7.15. The van der Waals surface area contributed by atoms with E-state index >= 15 is 0 Å². The van der Waals surface area contributed by atoms with Crippen molar-refractivity contribution < 1.29 is 23.8 Å². The Labute approximate surface area is 134 Å². The van der Waals surface area contributed by atoms with Gasteiger partial charge in [-0.15, -0.1) is 0 Å². The summed E-state index contributed by atoms with van der Waals surface area (Å²) < 4.78 is 15.3. The molecule has 2 rings (SSSR count). The molecule has 124 valence electrons. The average Bonchev–Trinajstić information content (AvgIpc) is 2.54. The van der Waals surface area contributed by atoms with Crippen molar-refractivity contribution in [3.8, 4) is 5.75 Å². The maximum absolute atomic E-state index is 12.4. The van der Waals surface area contributed by atoms with Gasteiger partial charge < -0.3 is 24.8 Å². The molecule has 2 amide bonds. The van der Waals surface area contributed by atoms with Crippen LogP contribution in [0.4, 0.5) is 4.79 Å².